The highest BCUT2D eigenvalue weighted by Crippen LogP contribution is 2.18. The fourth-order valence-electron chi connectivity index (χ4n) is 1.69. The number of nitrogens with zero attached hydrogens (tertiary/aromatic N) is 1. The third kappa shape index (κ3) is 8.14. The van der Waals surface area contributed by atoms with Gasteiger partial charge in [0.25, 0.3) is 0 Å². The molecule has 0 aliphatic rings. The van der Waals surface area contributed by atoms with E-state index in [4.69, 9.17) is 10.5 Å². The number of hydrogen-bond donors (Lipinski definition) is 2. The zero-order valence-corrected chi connectivity index (χ0v) is 15.8. The van der Waals surface area contributed by atoms with Crippen LogP contribution in [0.15, 0.2) is 29.3 Å². The first-order valence-electron chi connectivity index (χ1n) is 7.29. The topological polar surface area (TPSA) is 59.6 Å². The summed E-state index contributed by atoms with van der Waals surface area (Å²) in [6.45, 7) is 9.80. The number of nitrogens with one attached hydrogen (secondary N) is 1. The first kappa shape index (κ1) is 20.0. The predicted octanol–water partition coefficient (Wildman–Crippen LogP) is 3.33. The highest BCUT2D eigenvalue weighted by Gasteiger charge is 2.09. The number of benzene rings is 1. The molecule has 5 heteroatoms. The summed E-state index contributed by atoms with van der Waals surface area (Å²) < 4.78 is 6.00. The summed E-state index contributed by atoms with van der Waals surface area (Å²) in [7, 11) is 0. The van der Waals surface area contributed by atoms with Crippen molar-refractivity contribution in [3.05, 3.63) is 29.8 Å². The van der Waals surface area contributed by atoms with Crippen LogP contribution in [0.1, 0.15) is 32.8 Å². The van der Waals surface area contributed by atoms with Gasteiger partial charge in [0.15, 0.2) is 5.96 Å². The number of nitrogens with two attached hydrogens (primary N) is 1. The van der Waals surface area contributed by atoms with E-state index in [2.05, 4.69) is 31.1 Å². The lowest BCUT2D eigenvalue weighted by molar-refractivity contribution is 0.198. The number of hydrogen-bond acceptors (Lipinski definition) is 2. The summed E-state index contributed by atoms with van der Waals surface area (Å²) in [5, 5.41) is 3.13. The minimum atomic E-state index is 0. The van der Waals surface area contributed by atoms with E-state index >= 15 is 0 Å². The molecule has 0 saturated carbocycles. The largest absolute Gasteiger partial charge is 0.488 e. The van der Waals surface area contributed by atoms with Crippen molar-refractivity contribution in [2.45, 2.75) is 40.2 Å². The molecule has 0 aliphatic heterocycles. The second-order valence-corrected chi connectivity index (χ2v) is 5.41. The molecule has 1 unspecified atom stereocenters. The van der Waals surface area contributed by atoms with Gasteiger partial charge in [-0.05, 0) is 30.9 Å². The lowest BCUT2D eigenvalue weighted by Gasteiger charge is -2.19. The Kier molecular flexibility index (Phi) is 10.2. The molecule has 0 aromatic heterocycles. The number of halogens is 1. The number of guanidine groups is 1. The molecule has 1 atom stereocenters. The van der Waals surface area contributed by atoms with Crippen molar-refractivity contribution < 1.29 is 4.74 Å². The zero-order chi connectivity index (χ0) is 15.0. The van der Waals surface area contributed by atoms with Crippen molar-refractivity contribution in [2.75, 3.05) is 13.1 Å². The van der Waals surface area contributed by atoms with Gasteiger partial charge in [0.2, 0.25) is 0 Å². The van der Waals surface area contributed by atoms with E-state index in [1.54, 1.807) is 0 Å². The normalized spacial score (nSPS) is 12.7. The summed E-state index contributed by atoms with van der Waals surface area (Å²) >= 11 is 0. The standard InChI is InChI=1S/C16H27N3O.HI/c1-5-14(11-19-16(17)18-10-12(2)3)20-15-9-7-6-8-13(15)4;/h6-9,12,14H,5,10-11H2,1-4H3,(H3,17,18,19);1H. The lowest BCUT2D eigenvalue weighted by atomic mass is 10.2. The molecule has 3 N–H and O–H groups in total. The Morgan fingerprint density at radius 1 is 1.33 bits per heavy atom. The highest BCUT2D eigenvalue weighted by molar-refractivity contribution is 14.0. The summed E-state index contributed by atoms with van der Waals surface area (Å²) in [5.74, 6) is 1.94. The molecule has 1 aromatic carbocycles. The van der Waals surface area contributed by atoms with Crippen LogP contribution in [0.3, 0.4) is 0 Å². The van der Waals surface area contributed by atoms with E-state index in [1.165, 1.54) is 0 Å². The van der Waals surface area contributed by atoms with Crippen LogP contribution in [0.2, 0.25) is 0 Å². The van der Waals surface area contributed by atoms with E-state index in [-0.39, 0.29) is 30.1 Å². The number of aliphatic imine (C=N–C) groups is 1. The summed E-state index contributed by atoms with van der Waals surface area (Å²) in [6.07, 6.45) is 1.00. The van der Waals surface area contributed by atoms with Gasteiger partial charge in [-0.1, -0.05) is 39.0 Å². The van der Waals surface area contributed by atoms with Crippen molar-refractivity contribution >= 4 is 29.9 Å². The van der Waals surface area contributed by atoms with Crippen molar-refractivity contribution in [1.29, 1.82) is 0 Å². The molecule has 0 amide bonds. The van der Waals surface area contributed by atoms with Gasteiger partial charge in [-0.25, -0.2) is 0 Å². The van der Waals surface area contributed by atoms with Crippen LogP contribution in [0, 0.1) is 12.8 Å². The van der Waals surface area contributed by atoms with Gasteiger partial charge in [-0.3, -0.25) is 4.99 Å². The Bertz CT molecular complexity index is 435. The van der Waals surface area contributed by atoms with Crippen molar-refractivity contribution in [2.24, 2.45) is 16.6 Å². The number of para-hydroxylation sites is 1. The van der Waals surface area contributed by atoms with E-state index in [0.717, 1.165) is 24.3 Å². The van der Waals surface area contributed by atoms with Gasteiger partial charge in [-0.15, -0.1) is 24.0 Å². The maximum absolute atomic E-state index is 6.00. The smallest absolute Gasteiger partial charge is 0.188 e. The minimum Gasteiger partial charge on any atom is -0.488 e. The Morgan fingerprint density at radius 2 is 2.00 bits per heavy atom. The highest BCUT2D eigenvalue weighted by atomic mass is 127. The van der Waals surface area contributed by atoms with Crippen LogP contribution in [0.4, 0.5) is 0 Å². The monoisotopic (exact) mass is 405 g/mol. The molecule has 0 fully saturated rings. The Labute approximate surface area is 145 Å². The van der Waals surface area contributed by atoms with Crippen molar-refractivity contribution in [3.63, 3.8) is 0 Å². The second-order valence-electron chi connectivity index (χ2n) is 5.41. The third-order valence-corrected chi connectivity index (χ3v) is 2.98. The molecular weight excluding hydrogens is 377 g/mol. The Balaban J connectivity index is 0.00000400. The van der Waals surface area contributed by atoms with Crippen LogP contribution in [-0.4, -0.2) is 25.2 Å². The molecule has 0 saturated heterocycles. The van der Waals surface area contributed by atoms with Crippen LogP contribution in [-0.2, 0) is 0 Å². The van der Waals surface area contributed by atoms with Crippen LogP contribution >= 0.6 is 24.0 Å². The molecule has 21 heavy (non-hydrogen) atoms. The Morgan fingerprint density at radius 3 is 2.57 bits per heavy atom. The van der Waals surface area contributed by atoms with E-state index < -0.39 is 0 Å². The third-order valence-electron chi connectivity index (χ3n) is 2.98. The second kappa shape index (κ2) is 10.7. The summed E-state index contributed by atoms with van der Waals surface area (Å²) in [5.41, 5.74) is 6.98. The van der Waals surface area contributed by atoms with Gasteiger partial charge in [0, 0.05) is 6.54 Å². The van der Waals surface area contributed by atoms with Crippen LogP contribution in [0.5, 0.6) is 5.75 Å². The quantitative estimate of drug-likeness (QED) is 0.416. The molecular formula is C16H28IN3O. The lowest BCUT2D eigenvalue weighted by Crippen LogP contribution is -2.39. The average Bonchev–Trinajstić information content (AvgIpc) is 2.43. The molecule has 0 spiro atoms. The van der Waals surface area contributed by atoms with Gasteiger partial charge in [0.05, 0.1) is 6.54 Å². The first-order chi connectivity index (χ1) is 9.52. The summed E-state index contributed by atoms with van der Waals surface area (Å²) in [4.78, 5) is 4.28. The van der Waals surface area contributed by atoms with Gasteiger partial charge < -0.3 is 15.8 Å². The zero-order valence-electron chi connectivity index (χ0n) is 13.4. The molecule has 1 aromatic rings. The predicted molar refractivity (Wildman–Crippen MR) is 101 cm³/mol. The first-order valence-corrected chi connectivity index (χ1v) is 7.29. The van der Waals surface area contributed by atoms with Crippen molar-refractivity contribution in [1.82, 2.24) is 5.32 Å². The van der Waals surface area contributed by atoms with Gasteiger partial charge in [0.1, 0.15) is 11.9 Å². The van der Waals surface area contributed by atoms with Gasteiger partial charge >= 0.3 is 0 Å². The van der Waals surface area contributed by atoms with E-state index in [1.807, 2.05) is 31.2 Å². The fraction of sp³-hybridized carbons (Fsp3) is 0.562. The van der Waals surface area contributed by atoms with Crippen LogP contribution < -0.4 is 15.8 Å². The SMILES string of the molecule is CCC(CNC(N)=NCC(C)C)Oc1ccccc1C.I. The maximum Gasteiger partial charge on any atom is 0.188 e. The molecule has 0 radical (unpaired) electrons. The maximum atomic E-state index is 6.00. The molecule has 0 aliphatic carbocycles. The fourth-order valence-corrected chi connectivity index (χ4v) is 1.69. The molecule has 4 nitrogen and oxygen atoms in total. The number of rotatable bonds is 7. The molecule has 0 bridgehead atoms. The Hall–Kier alpha value is -0.980. The van der Waals surface area contributed by atoms with E-state index in [0.29, 0.717) is 18.4 Å². The molecule has 120 valence electrons. The van der Waals surface area contributed by atoms with Gasteiger partial charge in [-0.2, -0.15) is 0 Å². The molecule has 1 rings (SSSR count). The average molecular weight is 405 g/mol. The van der Waals surface area contributed by atoms with Crippen molar-refractivity contribution in [3.8, 4) is 5.75 Å². The molecule has 0 heterocycles. The number of ether oxygens (including phenoxy) is 1. The van der Waals surface area contributed by atoms with E-state index in [9.17, 15) is 0 Å². The summed E-state index contributed by atoms with van der Waals surface area (Å²) in [6, 6.07) is 8.04. The number of aryl methyl sites for hydroxylation is 1. The minimum absolute atomic E-state index is 0. The van der Waals surface area contributed by atoms with Crippen LogP contribution in [0.25, 0.3) is 0 Å².